The van der Waals surface area contributed by atoms with E-state index in [1.54, 1.807) is 0 Å². The Morgan fingerprint density at radius 3 is 0.412 bits per heavy atom. The van der Waals surface area contributed by atoms with Gasteiger partial charge in [0.2, 0.25) is 31.6 Å². The van der Waals surface area contributed by atoms with Crippen molar-refractivity contribution in [2.75, 3.05) is 0 Å². The third kappa shape index (κ3) is 32100. The second-order valence-electron chi connectivity index (χ2n) is 0.894. The summed E-state index contributed by atoms with van der Waals surface area (Å²) in [7, 11) is -13.5. The first-order chi connectivity index (χ1) is 6.93. The van der Waals surface area contributed by atoms with E-state index in [0.29, 0.717) is 0 Å². The summed E-state index contributed by atoms with van der Waals surface area (Å²) in [6.45, 7) is 0. The van der Waals surface area contributed by atoms with E-state index in [1.807, 2.05) is 0 Å². The second kappa shape index (κ2) is 25.2. The van der Waals surface area contributed by atoms with Crippen LogP contribution in [0, 0.1) is 0 Å². The summed E-state index contributed by atoms with van der Waals surface area (Å²) in [5.74, 6) is 0. The maximum absolute atomic E-state index is 8.48. The van der Waals surface area contributed by atoms with Gasteiger partial charge in [0, 0.05) is 0 Å². The molecule has 0 radical (unpaired) electrons. The van der Waals surface area contributed by atoms with Gasteiger partial charge in [0.1, 0.15) is 0 Å². The zero-order chi connectivity index (χ0) is 14.3. The summed E-state index contributed by atoms with van der Waals surface area (Å²) in [5, 5.41) is 0. The van der Waals surface area contributed by atoms with E-state index in [2.05, 4.69) is 0 Å². The molecule has 0 aliphatic rings. The Bertz CT molecular complexity index is 292. The van der Waals surface area contributed by atoms with E-state index in [0.717, 1.165) is 0 Å². The van der Waals surface area contributed by atoms with Gasteiger partial charge in [0.05, 0.1) is 0 Å². The molecule has 0 amide bonds. The zero-order valence-electron chi connectivity index (χ0n) is 7.19. The van der Waals surface area contributed by atoms with Crippen molar-refractivity contribution >= 4 is 31.6 Å². The first-order valence-electron chi connectivity index (χ1n) is 2.19. The molecule has 0 N–H and O–H groups in total. The minimum absolute atomic E-state index is 0. The first kappa shape index (κ1) is 30.4. The van der Waals surface area contributed by atoms with E-state index >= 15 is 0 Å². The maximum Gasteiger partial charge on any atom is 4.00 e. The zero-order valence-corrected chi connectivity index (χ0v) is 13.2. The van der Waals surface area contributed by atoms with Crippen LogP contribution in [-0.2, 0) is 62.7 Å². The topological polar surface area (TPSA) is 229 Å². The molecule has 0 aliphatic carbocycles. The van der Waals surface area contributed by atoms with Crippen molar-refractivity contribution in [2.24, 2.45) is 0 Å². The molecule has 0 heterocycles. The molecule has 0 aromatic heterocycles. The van der Waals surface area contributed by atoms with E-state index in [-0.39, 0.29) is 26.2 Å². The molecule has 0 aromatic carbocycles. The molecule has 0 rings (SSSR count). The van der Waals surface area contributed by atoms with Crippen molar-refractivity contribution in [3.05, 3.63) is 0 Å². The Labute approximate surface area is 114 Å². The SMILES string of the molecule is O=P(=O)[O-].O=P(=O)[O-].O=P(=O)[O-].O=P(=O)[O-].[Zr+4]. The van der Waals surface area contributed by atoms with Crippen LogP contribution in [0.15, 0.2) is 0 Å². The van der Waals surface area contributed by atoms with Gasteiger partial charge in [-0.15, -0.1) is 0 Å². The molecule has 0 saturated carbocycles. The Balaban J connectivity index is -0.0000000369. The second-order valence-corrected chi connectivity index (χ2v) is 2.68. The molecule has 17 heavy (non-hydrogen) atoms. The maximum atomic E-state index is 8.48. The van der Waals surface area contributed by atoms with E-state index < -0.39 is 31.6 Å². The molecule has 0 atom stereocenters. The Kier molecular flexibility index (Phi) is 45.1. The van der Waals surface area contributed by atoms with Crippen molar-refractivity contribution in [3.8, 4) is 0 Å². The van der Waals surface area contributed by atoms with Crippen LogP contribution in [0.1, 0.15) is 0 Å². The van der Waals surface area contributed by atoms with Gasteiger partial charge in [-0.25, -0.2) is 0 Å². The first-order valence-corrected chi connectivity index (χ1v) is 6.57. The van der Waals surface area contributed by atoms with Gasteiger partial charge in [-0.1, -0.05) is 0 Å². The number of rotatable bonds is 0. The van der Waals surface area contributed by atoms with Crippen LogP contribution in [0.4, 0.5) is 0 Å². The van der Waals surface area contributed by atoms with Crippen LogP contribution in [0.2, 0.25) is 0 Å². The summed E-state index contributed by atoms with van der Waals surface area (Å²) in [6.07, 6.45) is 0. The summed E-state index contributed by atoms with van der Waals surface area (Å²) < 4.78 is 67.9. The standard InChI is InChI=1S/4HO3P.Zr/c4*1-4(2)3;/h4*(H,1,2,3);/q;;;;+4/p-4. The minimum Gasteiger partial charge on any atom is -0.744 e. The smallest absolute Gasteiger partial charge is 0.744 e. The molecule has 0 spiro atoms. The minimum atomic E-state index is -3.37. The molecular weight excluding hydrogens is 407 g/mol. The molecule has 0 aromatic rings. The summed E-state index contributed by atoms with van der Waals surface area (Å²) in [4.78, 5) is 33.9. The fourth-order valence-electron chi connectivity index (χ4n) is 0. The molecule has 17 heteroatoms. The van der Waals surface area contributed by atoms with Gasteiger partial charge in [0.15, 0.2) is 0 Å². The van der Waals surface area contributed by atoms with Gasteiger partial charge in [0.25, 0.3) is 0 Å². The fourth-order valence-corrected chi connectivity index (χ4v) is 0. The van der Waals surface area contributed by atoms with Gasteiger partial charge in [-0.3, -0.25) is 36.5 Å². The monoisotopic (exact) mass is 406 g/mol. The van der Waals surface area contributed by atoms with Crippen molar-refractivity contribution in [1.29, 1.82) is 0 Å². The average Bonchev–Trinajstić information content (AvgIpc) is 1.76. The molecule has 0 unspecified atom stereocenters. The average molecular weight is 407 g/mol. The quantitative estimate of drug-likeness (QED) is 0.387. The van der Waals surface area contributed by atoms with Gasteiger partial charge >= 0.3 is 26.2 Å². The van der Waals surface area contributed by atoms with E-state index in [9.17, 15) is 0 Å². The van der Waals surface area contributed by atoms with Gasteiger partial charge < -0.3 is 19.6 Å². The van der Waals surface area contributed by atoms with Crippen LogP contribution < -0.4 is 19.6 Å². The summed E-state index contributed by atoms with van der Waals surface area (Å²) in [5.41, 5.74) is 0. The fraction of sp³-hybridized carbons (Fsp3) is 0. The van der Waals surface area contributed by atoms with Gasteiger partial charge in [-0.05, 0) is 0 Å². The van der Waals surface area contributed by atoms with Crippen LogP contribution in [0.5, 0.6) is 0 Å². The largest absolute Gasteiger partial charge is 4.00 e. The van der Waals surface area contributed by atoms with Crippen molar-refractivity contribution in [3.63, 3.8) is 0 Å². The van der Waals surface area contributed by atoms with Gasteiger partial charge in [-0.2, -0.15) is 0 Å². The predicted octanol–water partition coefficient (Wildman–Crippen LogP) is -2.26. The molecule has 0 fully saturated rings. The van der Waals surface area contributed by atoms with Crippen molar-refractivity contribution < 1.29 is 82.3 Å². The third-order valence-electron chi connectivity index (χ3n) is 0. The molecule has 0 bridgehead atoms. The van der Waals surface area contributed by atoms with Crippen LogP contribution >= 0.6 is 31.6 Å². The predicted molar refractivity (Wildman–Crippen MR) is 33.2 cm³/mol. The summed E-state index contributed by atoms with van der Waals surface area (Å²) >= 11 is 0. The Morgan fingerprint density at radius 2 is 0.412 bits per heavy atom. The Hall–Kier alpha value is 0.323. The summed E-state index contributed by atoms with van der Waals surface area (Å²) in [6, 6.07) is 0. The molecule has 96 valence electrons. The number of hydrogen-bond acceptors (Lipinski definition) is 12. The Morgan fingerprint density at radius 1 is 0.412 bits per heavy atom. The molecule has 12 nitrogen and oxygen atoms in total. The third-order valence-corrected chi connectivity index (χ3v) is 0. The van der Waals surface area contributed by atoms with Crippen LogP contribution in [-0.4, -0.2) is 0 Å². The van der Waals surface area contributed by atoms with E-state index in [4.69, 9.17) is 56.1 Å². The molecular formula is O12P4Zr. The molecule has 0 aliphatic heterocycles. The van der Waals surface area contributed by atoms with Crippen LogP contribution in [0.3, 0.4) is 0 Å². The van der Waals surface area contributed by atoms with Crippen LogP contribution in [0.25, 0.3) is 0 Å². The normalized spacial score (nSPS) is 5.88. The van der Waals surface area contributed by atoms with Crippen molar-refractivity contribution in [1.82, 2.24) is 0 Å². The van der Waals surface area contributed by atoms with Crippen molar-refractivity contribution in [2.45, 2.75) is 0 Å². The molecule has 0 saturated heterocycles. The van der Waals surface area contributed by atoms with E-state index in [1.165, 1.54) is 0 Å². The number of hydrogen-bond donors (Lipinski definition) is 0.